The number of epoxide rings is 1. The van der Waals surface area contributed by atoms with Crippen molar-refractivity contribution < 1.29 is 14.2 Å². The molecule has 3 heteroatoms. The van der Waals surface area contributed by atoms with Crippen molar-refractivity contribution in [3.05, 3.63) is 0 Å². The van der Waals surface area contributed by atoms with E-state index in [2.05, 4.69) is 20.8 Å². The van der Waals surface area contributed by atoms with Crippen LogP contribution >= 0.6 is 0 Å². The van der Waals surface area contributed by atoms with Crippen LogP contribution in [0.5, 0.6) is 0 Å². The van der Waals surface area contributed by atoms with Gasteiger partial charge in [-0.2, -0.15) is 0 Å². The average molecular weight is 441 g/mol. The van der Waals surface area contributed by atoms with E-state index in [9.17, 15) is 0 Å². The summed E-state index contributed by atoms with van der Waals surface area (Å²) in [5.74, 6) is 0. The number of unbranched alkanes of at least 4 members (excludes halogenated alkanes) is 13. The summed E-state index contributed by atoms with van der Waals surface area (Å²) in [6, 6.07) is 0. The van der Waals surface area contributed by atoms with E-state index in [1.807, 2.05) is 0 Å². The number of hydrogen-bond donors (Lipinski definition) is 0. The van der Waals surface area contributed by atoms with Gasteiger partial charge in [0.1, 0.15) is 6.10 Å². The zero-order valence-electron chi connectivity index (χ0n) is 21.6. The molecule has 0 spiro atoms. The van der Waals surface area contributed by atoms with Gasteiger partial charge in [0, 0.05) is 13.2 Å². The molecule has 0 radical (unpaired) electrons. The summed E-state index contributed by atoms with van der Waals surface area (Å²) >= 11 is 0. The minimum atomic E-state index is 0.0832. The SMILES string of the molecule is CCCCCCCCCCC(CCCCCCCCC)(CCCOCC1CO1)OCC. The molecule has 1 saturated heterocycles. The minimum Gasteiger partial charge on any atom is -0.379 e. The van der Waals surface area contributed by atoms with Crippen LogP contribution < -0.4 is 0 Å². The van der Waals surface area contributed by atoms with Gasteiger partial charge in [-0.25, -0.2) is 0 Å². The van der Waals surface area contributed by atoms with Crippen molar-refractivity contribution in [2.24, 2.45) is 0 Å². The van der Waals surface area contributed by atoms with E-state index in [1.165, 1.54) is 109 Å². The molecule has 0 aliphatic carbocycles. The molecular weight excluding hydrogens is 384 g/mol. The maximum atomic E-state index is 6.49. The molecular formula is C28H56O3. The van der Waals surface area contributed by atoms with Gasteiger partial charge in [0.25, 0.3) is 0 Å². The molecule has 31 heavy (non-hydrogen) atoms. The van der Waals surface area contributed by atoms with Crippen LogP contribution in [0.15, 0.2) is 0 Å². The first-order chi connectivity index (χ1) is 15.3. The van der Waals surface area contributed by atoms with Crippen molar-refractivity contribution in [1.82, 2.24) is 0 Å². The van der Waals surface area contributed by atoms with Crippen molar-refractivity contribution in [1.29, 1.82) is 0 Å². The highest BCUT2D eigenvalue weighted by Gasteiger charge is 2.29. The third kappa shape index (κ3) is 17.1. The lowest BCUT2D eigenvalue weighted by atomic mass is 9.85. The summed E-state index contributed by atoms with van der Waals surface area (Å²) in [6.45, 7) is 10.1. The molecule has 0 N–H and O–H groups in total. The standard InChI is InChI=1S/C28H56O3/c1-4-7-9-11-13-15-17-19-22-28(31-6-3,21-18-16-14-12-10-8-5-2)23-20-24-29-25-27-26-30-27/h27H,4-26H2,1-3H3. The Balaban J connectivity index is 2.33. The van der Waals surface area contributed by atoms with Crippen molar-refractivity contribution in [2.75, 3.05) is 26.4 Å². The van der Waals surface area contributed by atoms with E-state index in [0.29, 0.717) is 6.10 Å². The first-order valence-corrected chi connectivity index (χ1v) is 14.1. The Morgan fingerprint density at radius 3 is 1.55 bits per heavy atom. The second-order valence-electron chi connectivity index (χ2n) is 9.85. The van der Waals surface area contributed by atoms with Crippen LogP contribution in [-0.2, 0) is 14.2 Å². The molecule has 2 unspecified atom stereocenters. The fraction of sp³-hybridized carbons (Fsp3) is 1.00. The van der Waals surface area contributed by atoms with Crippen LogP contribution in [0.2, 0.25) is 0 Å². The van der Waals surface area contributed by atoms with Gasteiger partial charge in [-0.3, -0.25) is 0 Å². The Kier molecular flexibility index (Phi) is 19.1. The topological polar surface area (TPSA) is 31.0 Å². The van der Waals surface area contributed by atoms with Gasteiger partial charge in [0.05, 0.1) is 18.8 Å². The Morgan fingerprint density at radius 1 is 0.645 bits per heavy atom. The zero-order valence-corrected chi connectivity index (χ0v) is 21.6. The smallest absolute Gasteiger partial charge is 0.104 e. The third-order valence-corrected chi connectivity index (χ3v) is 6.80. The summed E-state index contributed by atoms with van der Waals surface area (Å²) in [7, 11) is 0. The number of hydrogen-bond acceptors (Lipinski definition) is 3. The third-order valence-electron chi connectivity index (χ3n) is 6.80. The summed E-state index contributed by atoms with van der Waals surface area (Å²) < 4.78 is 17.6. The molecule has 1 aliphatic rings. The second kappa shape index (κ2) is 20.5. The maximum absolute atomic E-state index is 6.49. The van der Waals surface area contributed by atoms with E-state index in [0.717, 1.165) is 39.3 Å². The second-order valence-corrected chi connectivity index (χ2v) is 9.85. The molecule has 0 aromatic heterocycles. The van der Waals surface area contributed by atoms with Gasteiger partial charge in [-0.15, -0.1) is 0 Å². The first kappa shape index (κ1) is 28.9. The molecule has 0 aromatic rings. The Bertz CT molecular complexity index is 369. The van der Waals surface area contributed by atoms with Gasteiger partial charge in [0.2, 0.25) is 0 Å². The van der Waals surface area contributed by atoms with Crippen LogP contribution in [0.3, 0.4) is 0 Å². The lowest BCUT2D eigenvalue weighted by molar-refractivity contribution is -0.0657. The number of ether oxygens (including phenoxy) is 3. The molecule has 0 amide bonds. The largest absolute Gasteiger partial charge is 0.379 e. The van der Waals surface area contributed by atoms with Gasteiger partial charge < -0.3 is 14.2 Å². The predicted octanol–water partition coefficient (Wildman–Crippen LogP) is 8.63. The maximum Gasteiger partial charge on any atom is 0.104 e. The molecule has 1 aliphatic heterocycles. The van der Waals surface area contributed by atoms with Gasteiger partial charge in [-0.1, -0.05) is 110 Å². The molecule has 186 valence electrons. The van der Waals surface area contributed by atoms with E-state index in [-0.39, 0.29) is 5.60 Å². The normalized spacial score (nSPS) is 17.7. The molecule has 0 bridgehead atoms. The quantitative estimate of drug-likeness (QED) is 0.105. The van der Waals surface area contributed by atoms with Gasteiger partial charge >= 0.3 is 0 Å². The molecule has 2 atom stereocenters. The molecule has 1 fully saturated rings. The average Bonchev–Trinajstić information content (AvgIpc) is 3.59. The lowest BCUT2D eigenvalue weighted by Crippen LogP contribution is -2.33. The van der Waals surface area contributed by atoms with E-state index in [4.69, 9.17) is 14.2 Å². The molecule has 3 nitrogen and oxygen atoms in total. The van der Waals surface area contributed by atoms with Crippen LogP contribution in [0.1, 0.15) is 143 Å². The monoisotopic (exact) mass is 440 g/mol. The van der Waals surface area contributed by atoms with Crippen LogP contribution in [0, 0.1) is 0 Å². The van der Waals surface area contributed by atoms with Crippen molar-refractivity contribution in [3.8, 4) is 0 Å². The van der Waals surface area contributed by atoms with Gasteiger partial charge in [-0.05, 0) is 32.6 Å². The zero-order chi connectivity index (χ0) is 22.5. The van der Waals surface area contributed by atoms with Crippen molar-refractivity contribution in [2.45, 2.75) is 154 Å². The first-order valence-electron chi connectivity index (χ1n) is 14.1. The van der Waals surface area contributed by atoms with Crippen molar-refractivity contribution in [3.63, 3.8) is 0 Å². The fourth-order valence-corrected chi connectivity index (χ4v) is 4.76. The molecule has 0 aromatic carbocycles. The fourth-order valence-electron chi connectivity index (χ4n) is 4.76. The lowest BCUT2D eigenvalue weighted by Gasteiger charge is -2.34. The highest BCUT2D eigenvalue weighted by molar-refractivity contribution is 4.81. The summed E-state index contributed by atoms with van der Waals surface area (Å²) in [5, 5.41) is 0. The Hall–Kier alpha value is -0.120. The predicted molar refractivity (Wildman–Crippen MR) is 134 cm³/mol. The molecule has 0 saturated carbocycles. The number of rotatable bonds is 25. The van der Waals surface area contributed by atoms with Crippen molar-refractivity contribution >= 4 is 0 Å². The summed E-state index contributed by atoms with van der Waals surface area (Å²) in [5.41, 5.74) is 0.0832. The van der Waals surface area contributed by atoms with Gasteiger partial charge in [0.15, 0.2) is 0 Å². The van der Waals surface area contributed by atoms with Crippen LogP contribution in [-0.4, -0.2) is 38.1 Å². The molecule has 1 rings (SSSR count). The Labute approximate surface area is 195 Å². The van der Waals surface area contributed by atoms with Crippen LogP contribution in [0.4, 0.5) is 0 Å². The van der Waals surface area contributed by atoms with E-state index >= 15 is 0 Å². The highest BCUT2D eigenvalue weighted by atomic mass is 16.6. The van der Waals surface area contributed by atoms with Crippen LogP contribution in [0.25, 0.3) is 0 Å². The summed E-state index contributed by atoms with van der Waals surface area (Å²) in [6.07, 6.45) is 25.8. The summed E-state index contributed by atoms with van der Waals surface area (Å²) in [4.78, 5) is 0. The van der Waals surface area contributed by atoms with E-state index in [1.54, 1.807) is 0 Å². The molecule has 1 heterocycles. The Morgan fingerprint density at radius 2 is 1.10 bits per heavy atom. The van der Waals surface area contributed by atoms with E-state index < -0.39 is 0 Å². The highest BCUT2D eigenvalue weighted by Crippen LogP contribution is 2.32. The minimum absolute atomic E-state index is 0.0832.